The predicted molar refractivity (Wildman–Crippen MR) is 90.4 cm³/mol. The molecular weight excluding hydrogens is 309 g/mol. The topological polar surface area (TPSA) is 47.4 Å². The largest absolute Gasteiger partial charge is 0.383 e. The van der Waals surface area contributed by atoms with Gasteiger partial charge in [0.1, 0.15) is 5.82 Å². The number of ether oxygens (including phenoxy) is 1. The zero-order chi connectivity index (χ0) is 17.9. The number of aryl methyl sites for hydroxylation is 3. The molecule has 0 bridgehead atoms. The van der Waals surface area contributed by atoms with Crippen molar-refractivity contribution in [3.05, 3.63) is 52.1 Å². The Morgan fingerprint density at radius 1 is 1.33 bits per heavy atom. The number of nitrogens with zero attached hydrogens (tertiary/aromatic N) is 3. The third-order valence-electron chi connectivity index (χ3n) is 4.28. The Labute approximate surface area is 142 Å². The van der Waals surface area contributed by atoms with Gasteiger partial charge in [-0.05, 0) is 38.5 Å². The number of carbonyl (C=O) groups excluding carboxylic acids is 1. The van der Waals surface area contributed by atoms with Gasteiger partial charge in [0.05, 0.1) is 12.3 Å². The number of hydrogen-bond acceptors (Lipinski definition) is 3. The van der Waals surface area contributed by atoms with Gasteiger partial charge in [0.15, 0.2) is 0 Å². The second kappa shape index (κ2) is 7.57. The summed E-state index contributed by atoms with van der Waals surface area (Å²) in [5, 5.41) is 4.39. The molecule has 0 aliphatic heterocycles. The van der Waals surface area contributed by atoms with Crippen molar-refractivity contribution in [2.45, 2.75) is 27.3 Å². The Morgan fingerprint density at radius 3 is 2.58 bits per heavy atom. The molecule has 0 unspecified atom stereocenters. The Hall–Kier alpha value is -2.21. The highest BCUT2D eigenvalue weighted by molar-refractivity contribution is 5.94. The van der Waals surface area contributed by atoms with Gasteiger partial charge in [0, 0.05) is 44.1 Å². The fourth-order valence-corrected chi connectivity index (χ4v) is 2.60. The average Bonchev–Trinajstić information content (AvgIpc) is 2.79. The molecule has 0 aliphatic rings. The van der Waals surface area contributed by atoms with Crippen LogP contribution < -0.4 is 0 Å². The van der Waals surface area contributed by atoms with Crippen molar-refractivity contribution < 1.29 is 13.9 Å². The minimum Gasteiger partial charge on any atom is -0.383 e. The van der Waals surface area contributed by atoms with E-state index in [9.17, 15) is 9.18 Å². The summed E-state index contributed by atoms with van der Waals surface area (Å²) >= 11 is 0. The van der Waals surface area contributed by atoms with E-state index in [-0.39, 0.29) is 11.7 Å². The summed E-state index contributed by atoms with van der Waals surface area (Å²) < 4.78 is 20.7. The summed E-state index contributed by atoms with van der Waals surface area (Å²) in [6.45, 7) is 6.83. The first-order valence-electron chi connectivity index (χ1n) is 7.88. The third kappa shape index (κ3) is 3.82. The van der Waals surface area contributed by atoms with Gasteiger partial charge in [-0.15, -0.1) is 0 Å². The monoisotopic (exact) mass is 333 g/mol. The van der Waals surface area contributed by atoms with Crippen LogP contribution in [0.1, 0.15) is 32.9 Å². The van der Waals surface area contributed by atoms with Crippen LogP contribution in [0.4, 0.5) is 4.39 Å². The lowest BCUT2D eigenvalue weighted by molar-refractivity contribution is 0.0679. The number of methoxy groups -OCH3 is 1. The van der Waals surface area contributed by atoms with Crippen LogP contribution in [0.3, 0.4) is 0 Å². The summed E-state index contributed by atoms with van der Waals surface area (Å²) in [4.78, 5) is 14.5. The molecule has 2 aromatic rings. The van der Waals surface area contributed by atoms with Crippen LogP contribution in [0, 0.1) is 26.6 Å². The second-order valence-electron chi connectivity index (χ2n) is 5.96. The third-order valence-corrected chi connectivity index (χ3v) is 4.28. The molecule has 0 N–H and O–H groups in total. The van der Waals surface area contributed by atoms with Gasteiger partial charge < -0.3 is 9.64 Å². The van der Waals surface area contributed by atoms with Crippen molar-refractivity contribution in [2.75, 3.05) is 20.3 Å². The van der Waals surface area contributed by atoms with E-state index in [1.807, 2.05) is 20.9 Å². The maximum atomic E-state index is 13.8. The van der Waals surface area contributed by atoms with Gasteiger partial charge in [0.25, 0.3) is 5.91 Å². The lowest BCUT2D eigenvalue weighted by atomic mass is 10.1. The van der Waals surface area contributed by atoms with Crippen LogP contribution in [0.5, 0.6) is 0 Å². The smallest absolute Gasteiger partial charge is 0.254 e. The lowest BCUT2D eigenvalue weighted by Gasteiger charge is -2.23. The average molecular weight is 333 g/mol. The SMILES string of the molecule is COCCN(Cc1c(C)nn(C)c1C)C(=O)c1ccc(C)c(F)c1. The van der Waals surface area contributed by atoms with E-state index in [1.165, 1.54) is 6.07 Å². The van der Waals surface area contributed by atoms with Gasteiger partial charge >= 0.3 is 0 Å². The normalized spacial score (nSPS) is 10.9. The quantitative estimate of drug-likeness (QED) is 0.817. The molecule has 2 rings (SSSR count). The Morgan fingerprint density at radius 2 is 2.04 bits per heavy atom. The molecule has 0 saturated carbocycles. The summed E-state index contributed by atoms with van der Waals surface area (Å²) in [5.74, 6) is -0.588. The standard InChI is InChI=1S/C18H24FN3O2/c1-12-6-7-15(10-17(12)19)18(23)22(8-9-24-5)11-16-13(2)20-21(4)14(16)3/h6-7,10H,8-9,11H2,1-5H3. The van der Waals surface area contributed by atoms with E-state index < -0.39 is 0 Å². The number of halogens is 1. The first kappa shape index (κ1) is 18.1. The van der Waals surface area contributed by atoms with Crippen molar-refractivity contribution >= 4 is 5.91 Å². The minimum absolute atomic E-state index is 0.214. The summed E-state index contributed by atoms with van der Waals surface area (Å²) in [6.07, 6.45) is 0. The minimum atomic E-state index is -0.374. The van der Waals surface area contributed by atoms with E-state index >= 15 is 0 Å². The molecule has 1 aromatic carbocycles. The fraction of sp³-hybridized carbons (Fsp3) is 0.444. The molecule has 130 valence electrons. The molecule has 5 nitrogen and oxygen atoms in total. The number of amides is 1. The van der Waals surface area contributed by atoms with Crippen LogP contribution in [0.15, 0.2) is 18.2 Å². The van der Waals surface area contributed by atoms with Crippen LogP contribution in [-0.4, -0.2) is 40.8 Å². The van der Waals surface area contributed by atoms with Gasteiger partial charge in [0.2, 0.25) is 0 Å². The Bertz CT molecular complexity index is 740. The molecule has 0 fully saturated rings. The van der Waals surface area contributed by atoms with Crippen molar-refractivity contribution in [2.24, 2.45) is 7.05 Å². The molecule has 0 radical (unpaired) electrons. The van der Waals surface area contributed by atoms with Crippen LogP contribution in [-0.2, 0) is 18.3 Å². The van der Waals surface area contributed by atoms with Crippen LogP contribution in [0.25, 0.3) is 0 Å². The van der Waals surface area contributed by atoms with Gasteiger partial charge in [-0.25, -0.2) is 4.39 Å². The fourth-order valence-electron chi connectivity index (χ4n) is 2.60. The molecule has 1 aromatic heterocycles. The molecule has 0 spiro atoms. The van der Waals surface area contributed by atoms with E-state index in [0.717, 1.165) is 17.0 Å². The van der Waals surface area contributed by atoms with Gasteiger partial charge in [-0.1, -0.05) is 6.07 Å². The molecule has 0 atom stereocenters. The van der Waals surface area contributed by atoms with E-state index in [1.54, 1.807) is 35.7 Å². The first-order chi connectivity index (χ1) is 11.3. The number of benzene rings is 1. The van der Waals surface area contributed by atoms with Gasteiger partial charge in [-0.3, -0.25) is 9.48 Å². The maximum Gasteiger partial charge on any atom is 0.254 e. The molecular formula is C18H24FN3O2. The van der Waals surface area contributed by atoms with Gasteiger partial charge in [-0.2, -0.15) is 5.10 Å². The molecule has 24 heavy (non-hydrogen) atoms. The van der Waals surface area contributed by atoms with Crippen LogP contribution in [0.2, 0.25) is 0 Å². The predicted octanol–water partition coefficient (Wildman–Crippen LogP) is 2.77. The highest BCUT2D eigenvalue weighted by Gasteiger charge is 2.20. The Kier molecular flexibility index (Phi) is 5.72. The number of rotatable bonds is 6. The highest BCUT2D eigenvalue weighted by Crippen LogP contribution is 2.18. The van der Waals surface area contributed by atoms with Crippen molar-refractivity contribution in [3.8, 4) is 0 Å². The number of aromatic nitrogens is 2. The van der Waals surface area contributed by atoms with Crippen molar-refractivity contribution in [3.63, 3.8) is 0 Å². The summed E-state index contributed by atoms with van der Waals surface area (Å²) in [6, 6.07) is 4.57. The van der Waals surface area contributed by atoms with Crippen molar-refractivity contribution in [1.29, 1.82) is 0 Å². The zero-order valence-electron chi connectivity index (χ0n) is 14.9. The molecule has 1 heterocycles. The maximum absolute atomic E-state index is 13.8. The van der Waals surface area contributed by atoms with Crippen LogP contribution >= 0.6 is 0 Å². The Balaban J connectivity index is 2.30. The highest BCUT2D eigenvalue weighted by atomic mass is 19.1. The molecule has 1 amide bonds. The number of carbonyl (C=O) groups is 1. The first-order valence-corrected chi connectivity index (χ1v) is 7.88. The van der Waals surface area contributed by atoms with E-state index in [0.29, 0.717) is 30.8 Å². The zero-order valence-corrected chi connectivity index (χ0v) is 14.9. The van der Waals surface area contributed by atoms with Crippen molar-refractivity contribution in [1.82, 2.24) is 14.7 Å². The van der Waals surface area contributed by atoms with E-state index in [4.69, 9.17) is 4.74 Å². The second-order valence-corrected chi connectivity index (χ2v) is 5.96. The molecule has 6 heteroatoms. The summed E-state index contributed by atoms with van der Waals surface area (Å²) in [7, 11) is 3.47. The lowest BCUT2D eigenvalue weighted by Crippen LogP contribution is -2.34. The summed E-state index contributed by atoms with van der Waals surface area (Å²) in [5.41, 5.74) is 3.77. The number of hydrogen-bond donors (Lipinski definition) is 0. The molecule has 0 saturated heterocycles. The molecule has 0 aliphatic carbocycles. The van der Waals surface area contributed by atoms with E-state index in [2.05, 4.69) is 5.10 Å².